The molecule has 4 N–H and O–H groups in total. The van der Waals surface area contributed by atoms with Crippen molar-refractivity contribution < 1.29 is 34.4 Å². The zero-order chi connectivity index (χ0) is 19.6. The molecular formula is C22H29NO6. The van der Waals surface area contributed by atoms with Crippen LogP contribution in [-0.4, -0.2) is 74.7 Å². The van der Waals surface area contributed by atoms with Crippen molar-refractivity contribution >= 4 is 5.78 Å². The molecule has 6 atom stereocenters. The van der Waals surface area contributed by atoms with Gasteiger partial charge in [-0.1, -0.05) is 0 Å². The lowest BCUT2D eigenvalue weighted by atomic mass is 9.47. The Morgan fingerprint density at radius 1 is 1.28 bits per heavy atom. The Morgan fingerprint density at radius 2 is 2.00 bits per heavy atom. The Morgan fingerprint density at radius 3 is 2.69 bits per heavy atom. The number of hydrogen-bond donors (Lipinski definition) is 4. The van der Waals surface area contributed by atoms with Gasteiger partial charge in [0.05, 0.1) is 31.7 Å². The second-order valence-corrected chi connectivity index (χ2v) is 9.89. The van der Waals surface area contributed by atoms with E-state index >= 15 is 0 Å². The largest absolute Gasteiger partial charge is 0.504 e. The van der Waals surface area contributed by atoms with E-state index in [1.807, 2.05) is 0 Å². The molecule has 158 valence electrons. The van der Waals surface area contributed by atoms with E-state index in [4.69, 9.17) is 4.74 Å². The van der Waals surface area contributed by atoms with Crippen LogP contribution in [-0.2, 0) is 16.6 Å². The van der Waals surface area contributed by atoms with Gasteiger partial charge in [-0.05, 0) is 24.5 Å². The summed E-state index contributed by atoms with van der Waals surface area (Å²) in [4.78, 5) is 12.9. The Bertz CT molecular complexity index is 928. The van der Waals surface area contributed by atoms with Gasteiger partial charge in [0.1, 0.15) is 6.04 Å². The van der Waals surface area contributed by atoms with Gasteiger partial charge in [-0.3, -0.25) is 4.79 Å². The normalized spacial score (nSPS) is 44.0. The number of likely N-dealkylation sites (N-methyl/N-ethyl adjacent to an activating group) is 1. The van der Waals surface area contributed by atoms with Gasteiger partial charge < -0.3 is 37.1 Å². The van der Waals surface area contributed by atoms with Crippen molar-refractivity contribution in [2.45, 2.75) is 61.4 Å². The number of nitrogens with zero attached hydrogens (tertiary/aromatic N) is 1. The SMILES string of the molecule is C[N@+]1(CC2CC2)CC[C@]23c4c5cc(O)c(O)c4O[C@H]2C(=O)CC(O)[C@@]3(O)[C@H]1C5.[CH3-]. The van der Waals surface area contributed by atoms with Crippen molar-refractivity contribution in [2.24, 2.45) is 5.92 Å². The van der Waals surface area contributed by atoms with Crippen LogP contribution >= 0.6 is 0 Å². The van der Waals surface area contributed by atoms with Crippen LogP contribution < -0.4 is 4.74 Å². The first-order valence-electron chi connectivity index (χ1n) is 10.2. The molecule has 2 bridgehead atoms. The monoisotopic (exact) mass is 403 g/mol. The highest BCUT2D eigenvalue weighted by Crippen LogP contribution is 2.66. The number of aromatic hydroxyl groups is 2. The molecule has 1 saturated heterocycles. The lowest BCUT2D eigenvalue weighted by Gasteiger charge is -2.65. The molecule has 3 aliphatic carbocycles. The van der Waals surface area contributed by atoms with Crippen molar-refractivity contribution in [3.8, 4) is 17.2 Å². The molecule has 6 rings (SSSR count). The first kappa shape index (κ1) is 19.2. The molecule has 7 heteroatoms. The van der Waals surface area contributed by atoms with E-state index in [1.54, 1.807) is 6.07 Å². The highest BCUT2D eigenvalue weighted by molar-refractivity contribution is 5.91. The van der Waals surface area contributed by atoms with Crippen LogP contribution in [0.3, 0.4) is 0 Å². The van der Waals surface area contributed by atoms with Crippen LogP contribution in [0, 0.1) is 13.3 Å². The summed E-state index contributed by atoms with van der Waals surface area (Å²) in [5, 5.41) is 43.9. The number of ketones is 1. The maximum Gasteiger partial charge on any atom is 0.200 e. The third-order valence-corrected chi connectivity index (χ3v) is 8.42. The van der Waals surface area contributed by atoms with Gasteiger partial charge in [-0.15, -0.1) is 0 Å². The fourth-order valence-corrected chi connectivity index (χ4v) is 7.03. The van der Waals surface area contributed by atoms with Gasteiger partial charge in [-0.25, -0.2) is 0 Å². The summed E-state index contributed by atoms with van der Waals surface area (Å²) in [6.45, 7) is 1.73. The quantitative estimate of drug-likeness (QED) is 0.331. The van der Waals surface area contributed by atoms with Crippen LogP contribution in [0.25, 0.3) is 0 Å². The van der Waals surface area contributed by atoms with E-state index in [-0.39, 0.29) is 42.9 Å². The molecule has 3 fully saturated rings. The molecule has 1 unspecified atom stereocenters. The smallest absolute Gasteiger partial charge is 0.200 e. The van der Waals surface area contributed by atoms with E-state index < -0.39 is 23.2 Å². The predicted octanol–water partition coefficient (Wildman–Crippen LogP) is 0.797. The lowest BCUT2D eigenvalue weighted by Crippen LogP contribution is -2.84. The Balaban J connectivity index is 0.00000181. The fraction of sp³-hybridized carbons (Fsp3) is 0.636. The summed E-state index contributed by atoms with van der Waals surface area (Å²) in [7, 11) is 2.15. The van der Waals surface area contributed by atoms with E-state index in [1.165, 1.54) is 12.8 Å². The van der Waals surface area contributed by atoms with Gasteiger partial charge in [0, 0.05) is 30.7 Å². The zero-order valence-electron chi connectivity index (χ0n) is 16.9. The van der Waals surface area contributed by atoms with Crippen LogP contribution in [0.4, 0.5) is 0 Å². The first-order valence-corrected chi connectivity index (χ1v) is 10.2. The molecule has 0 radical (unpaired) electrons. The predicted molar refractivity (Wildman–Crippen MR) is 104 cm³/mol. The molecule has 0 amide bonds. The van der Waals surface area contributed by atoms with Gasteiger partial charge in [-0.2, -0.15) is 0 Å². The average Bonchev–Trinajstić information content (AvgIpc) is 3.36. The maximum atomic E-state index is 12.9. The number of phenolic OH excluding ortho intramolecular Hbond substituents is 2. The van der Waals surface area contributed by atoms with Crippen LogP contribution in [0.1, 0.15) is 36.8 Å². The molecule has 2 heterocycles. The maximum absolute atomic E-state index is 12.9. The number of aliphatic hydroxyl groups excluding tert-OH is 1. The van der Waals surface area contributed by atoms with Gasteiger partial charge >= 0.3 is 0 Å². The van der Waals surface area contributed by atoms with E-state index in [0.717, 1.165) is 18.7 Å². The number of aliphatic hydroxyl groups is 2. The number of rotatable bonds is 2. The lowest BCUT2D eigenvalue weighted by molar-refractivity contribution is -0.951. The number of phenols is 2. The van der Waals surface area contributed by atoms with Crippen LogP contribution in [0.15, 0.2) is 6.07 Å². The number of carbonyl (C=O) groups is 1. The van der Waals surface area contributed by atoms with Crippen LogP contribution in [0.2, 0.25) is 0 Å². The van der Waals surface area contributed by atoms with Crippen molar-refractivity contribution in [1.29, 1.82) is 0 Å². The summed E-state index contributed by atoms with van der Waals surface area (Å²) in [5.41, 5.74) is -1.14. The minimum atomic E-state index is -1.50. The standard InChI is InChI=1S/C21H25NO6.CH3/c1-22(9-10-2-3-10)5-4-20-16-11-6-12(23)17(26)18(16)28-19(20)13(24)8-15(25)21(20,27)14(22)7-11;/h6,10,14-15,19,25,27H,2-5,7-9H2,1H3,(H-,23,26);1H3/q;-1/p+1/t14-,15?,19+,20+,21+,22-;/m1./s1. The zero-order valence-corrected chi connectivity index (χ0v) is 16.9. The molecule has 1 spiro atoms. The summed E-state index contributed by atoms with van der Waals surface area (Å²) in [6.07, 6.45) is 1.12. The second-order valence-electron chi connectivity index (χ2n) is 9.89. The van der Waals surface area contributed by atoms with E-state index in [2.05, 4.69) is 7.05 Å². The number of ether oxygens (including phenoxy) is 1. The molecule has 2 aliphatic heterocycles. The Hall–Kier alpha value is -1.83. The third-order valence-electron chi connectivity index (χ3n) is 8.42. The van der Waals surface area contributed by atoms with Gasteiger partial charge in [0.25, 0.3) is 0 Å². The summed E-state index contributed by atoms with van der Waals surface area (Å²) >= 11 is 0. The molecule has 1 aromatic rings. The number of benzene rings is 1. The topological polar surface area (TPSA) is 107 Å². The molecule has 5 aliphatic rings. The number of hydrogen-bond acceptors (Lipinski definition) is 6. The number of likely N-dealkylation sites (tertiary alicyclic amines) is 1. The molecule has 0 aromatic heterocycles. The molecule has 29 heavy (non-hydrogen) atoms. The molecule has 1 aromatic carbocycles. The number of piperidine rings is 1. The van der Waals surface area contributed by atoms with E-state index in [9.17, 15) is 25.2 Å². The second kappa shape index (κ2) is 5.45. The Labute approximate surface area is 170 Å². The number of Topliss-reactive ketones (excluding diaryl/α,β-unsaturated/α-hetero) is 1. The number of carbonyl (C=O) groups excluding carboxylic acids is 1. The Kier molecular flexibility index (Phi) is 3.60. The van der Waals surface area contributed by atoms with Crippen molar-refractivity contribution in [3.63, 3.8) is 0 Å². The number of quaternary nitrogens is 1. The fourth-order valence-electron chi connectivity index (χ4n) is 7.03. The highest BCUT2D eigenvalue weighted by atomic mass is 16.5. The van der Waals surface area contributed by atoms with Crippen LogP contribution in [0.5, 0.6) is 17.2 Å². The summed E-state index contributed by atoms with van der Waals surface area (Å²) in [5.74, 6) is -0.149. The minimum Gasteiger partial charge on any atom is -0.504 e. The van der Waals surface area contributed by atoms with Crippen molar-refractivity contribution in [1.82, 2.24) is 0 Å². The summed E-state index contributed by atoms with van der Waals surface area (Å²) < 4.78 is 6.59. The third kappa shape index (κ3) is 1.97. The minimum absolute atomic E-state index is 0. The van der Waals surface area contributed by atoms with E-state index in [0.29, 0.717) is 28.8 Å². The molecular weight excluding hydrogens is 374 g/mol. The highest BCUT2D eigenvalue weighted by Gasteiger charge is 2.79. The molecule has 2 saturated carbocycles. The molecule has 7 nitrogen and oxygen atoms in total. The summed E-state index contributed by atoms with van der Waals surface area (Å²) in [6, 6.07) is 1.25. The average molecular weight is 403 g/mol. The van der Waals surface area contributed by atoms with Crippen molar-refractivity contribution in [2.75, 3.05) is 20.1 Å². The van der Waals surface area contributed by atoms with Gasteiger partial charge in [0.2, 0.25) is 5.75 Å². The first-order chi connectivity index (χ1) is 13.2. The van der Waals surface area contributed by atoms with Crippen molar-refractivity contribution in [3.05, 3.63) is 24.6 Å². The van der Waals surface area contributed by atoms with Gasteiger partial charge in [0.15, 0.2) is 29.0 Å².